The van der Waals surface area contributed by atoms with E-state index in [2.05, 4.69) is 25.0 Å². The van der Waals surface area contributed by atoms with Gasteiger partial charge in [0, 0.05) is 37.6 Å². The quantitative estimate of drug-likeness (QED) is 0.741. The number of aromatic nitrogens is 3. The van der Waals surface area contributed by atoms with Crippen LogP contribution >= 0.6 is 0 Å². The number of nitrogens with zero attached hydrogens (tertiary/aromatic N) is 4. The van der Waals surface area contributed by atoms with Gasteiger partial charge in [0.05, 0.1) is 23.9 Å². The lowest BCUT2D eigenvalue weighted by Gasteiger charge is -2.39. The van der Waals surface area contributed by atoms with Crippen molar-refractivity contribution in [1.82, 2.24) is 20.1 Å². The number of anilines is 1. The normalized spacial score (nSPS) is 18.0. The summed E-state index contributed by atoms with van der Waals surface area (Å²) >= 11 is 0. The number of aromatic amines is 1. The summed E-state index contributed by atoms with van der Waals surface area (Å²) in [6.45, 7) is 2.46. The van der Waals surface area contributed by atoms with Crippen molar-refractivity contribution >= 4 is 5.82 Å². The maximum Gasteiger partial charge on any atom is 0.159 e. The zero-order chi connectivity index (χ0) is 18.8. The number of piperazine rings is 1. The van der Waals surface area contributed by atoms with E-state index < -0.39 is 0 Å². The van der Waals surface area contributed by atoms with Crippen molar-refractivity contribution in [1.29, 1.82) is 0 Å². The molecule has 1 aromatic carbocycles. The first-order chi connectivity index (χ1) is 13.2. The third-order valence-electron chi connectivity index (χ3n) is 5.14. The van der Waals surface area contributed by atoms with Crippen molar-refractivity contribution in [2.45, 2.75) is 6.04 Å². The Bertz CT molecular complexity index is 896. The molecule has 2 N–H and O–H groups in total. The van der Waals surface area contributed by atoms with Gasteiger partial charge in [-0.2, -0.15) is 5.10 Å². The summed E-state index contributed by atoms with van der Waals surface area (Å²) in [4.78, 5) is 8.47. The number of pyridine rings is 1. The van der Waals surface area contributed by atoms with Gasteiger partial charge in [-0.25, -0.2) is 4.39 Å². The number of likely N-dealkylation sites (N-methyl/N-ethyl adjacent to an activating group) is 1. The van der Waals surface area contributed by atoms with E-state index in [1.54, 1.807) is 24.5 Å². The zero-order valence-corrected chi connectivity index (χ0v) is 15.1. The molecule has 0 amide bonds. The maximum absolute atomic E-state index is 13.4. The zero-order valence-electron chi connectivity index (χ0n) is 15.1. The van der Waals surface area contributed by atoms with Crippen LogP contribution in [0.1, 0.15) is 0 Å². The Balaban J connectivity index is 1.79. The second kappa shape index (κ2) is 7.46. The number of aliphatic hydroxyl groups excluding tert-OH is 1. The molecule has 1 fully saturated rings. The fourth-order valence-electron chi connectivity index (χ4n) is 3.51. The predicted molar refractivity (Wildman–Crippen MR) is 103 cm³/mol. The summed E-state index contributed by atoms with van der Waals surface area (Å²) in [5, 5.41) is 17.4. The van der Waals surface area contributed by atoms with E-state index in [0.717, 1.165) is 41.3 Å². The molecule has 0 bridgehead atoms. The van der Waals surface area contributed by atoms with Gasteiger partial charge in [0.15, 0.2) is 5.82 Å². The molecule has 140 valence electrons. The van der Waals surface area contributed by atoms with Gasteiger partial charge in [0.1, 0.15) is 5.82 Å². The Labute approximate surface area is 157 Å². The first-order valence-electron chi connectivity index (χ1n) is 8.98. The lowest BCUT2D eigenvalue weighted by atomic mass is 10.0. The van der Waals surface area contributed by atoms with E-state index in [1.165, 1.54) is 12.1 Å². The standard InChI is InChI=1S/C20H22FN5O/c1-25-10-11-26(12-17(25)13-27)20-18(14-6-8-22-9-7-14)19(23-24-20)15-2-4-16(21)5-3-15/h2-9,17,27H,10-13H2,1H3,(H,23,24). The molecular formula is C20H22FN5O. The molecule has 1 unspecified atom stereocenters. The molecule has 3 aromatic rings. The Hall–Kier alpha value is -2.77. The monoisotopic (exact) mass is 367 g/mol. The van der Waals surface area contributed by atoms with Crippen molar-refractivity contribution in [2.75, 3.05) is 38.2 Å². The van der Waals surface area contributed by atoms with Crippen LogP contribution in [0.4, 0.5) is 10.2 Å². The van der Waals surface area contributed by atoms with Crippen molar-refractivity contribution in [2.24, 2.45) is 0 Å². The van der Waals surface area contributed by atoms with E-state index in [-0.39, 0.29) is 18.5 Å². The number of hydrogen-bond donors (Lipinski definition) is 2. The summed E-state index contributed by atoms with van der Waals surface area (Å²) < 4.78 is 13.4. The average Bonchev–Trinajstić information content (AvgIpc) is 3.14. The molecule has 0 saturated carbocycles. The molecule has 6 nitrogen and oxygen atoms in total. The SMILES string of the molecule is CN1CCN(c2n[nH]c(-c3ccc(F)cc3)c2-c2ccncc2)CC1CO. The van der Waals surface area contributed by atoms with Crippen LogP contribution in [0.5, 0.6) is 0 Å². The van der Waals surface area contributed by atoms with Crippen LogP contribution in [0.2, 0.25) is 0 Å². The molecule has 1 aliphatic rings. The predicted octanol–water partition coefficient (Wildman–Crippen LogP) is 2.39. The third-order valence-corrected chi connectivity index (χ3v) is 5.14. The van der Waals surface area contributed by atoms with E-state index in [0.29, 0.717) is 6.54 Å². The highest BCUT2D eigenvalue weighted by atomic mass is 19.1. The molecule has 4 rings (SSSR count). The lowest BCUT2D eigenvalue weighted by Crippen LogP contribution is -2.53. The molecule has 27 heavy (non-hydrogen) atoms. The third kappa shape index (κ3) is 3.43. The van der Waals surface area contributed by atoms with Gasteiger partial charge >= 0.3 is 0 Å². The first-order valence-corrected chi connectivity index (χ1v) is 8.98. The molecule has 1 saturated heterocycles. The lowest BCUT2D eigenvalue weighted by molar-refractivity contribution is 0.135. The maximum atomic E-state index is 13.4. The highest BCUT2D eigenvalue weighted by Gasteiger charge is 2.28. The number of hydrogen-bond acceptors (Lipinski definition) is 5. The van der Waals surface area contributed by atoms with Crippen LogP contribution < -0.4 is 4.90 Å². The molecule has 1 aliphatic heterocycles. The fourth-order valence-corrected chi connectivity index (χ4v) is 3.51. The average molecular weight is 367 g/mol. The van der Waals surface area contributed by atoms with Crippen LogP contribution in [-0.2, 0) is 0 Å². The van der Waals surface area contributed by atoms with Crippen LogP contribution in [-0.4, -0.2) is 64.5 Å². The summed E-state index contributed by atoms with van der Waals surface area (Å²) in [6.07, 6.45) is 3.50. The molecule has 0 spiro atoms. The molecule has 2 aromatic heterocycles. The summed E-state index contributed by atoms with van der Waals surface area (Å²) in [5.41, 5.74) is 3.67. The summed E-state index contributed by atoms with van der Waals surface area (Å²) in [7, 11) is 2.02. The number of halogens is 1. The van der Waals surface area contributed by atoms with E-state index >= 15 is 0 Å². The first kappa shape index (κ1) is 17.6. The largest absolute Gasteiger partial charge is 0.395 e. The van der Waals surface area contributed by atoms with Crippen LogP contribution in [0.25, 0.3) is 22.4 Å². The number of nitrogens with one attached hydrogen (secondary N) is 1. The summed E-state index contributed by atoms with van der Waals surface area (Å²) in [6, 6.07) is 10.3. The van der Waals surface area contributed by atoms with Crippen molar-refractivity contribution < 1.29 is 9.50 Å². The van der Waals surface area contributed by atoms with Gasteiger partial charge in [0.2, 0.25) is 0 Å². The van der Waals surface area contributed by atoms with Gasteiger partial charge in [-0.05, 0) is 49.0 Å². The van der Waals surface area contributed by atoms with Gasteiger partial charge in [-0.1, -0.05) is 0 Å². The number of benzene rings is 1. The minimum Gasteiger partial charge on any atom is -0.395 e. The smallest absolute Gasteiger partial charge is 0.159 e. The van der Waals surface area contributed by atoms with Gasteiger partial charge < -0.3 is 10.0 Å². The Morgan fingerprint density at radius 2 is 1.85 bits per heavy atom. The molecule has 1 atom stereocenters. The topological polar surface area (TPSA) is 68.3 Å². The van der Waals surface area contributed by atoms with Crippen molar-refractivity contribution in [3.05, 3.63) is 54.6 Å². The Morgan fingerprint density at radius 3 is 2.56 bits per heavy atom. The Kier molecular flexibility index (Phi) is 4.87. The molecule has 0 aliphatic carbocycles. The van der Waals surface area contributed by atoms with E-state index in [4.69, 9.17) is 0 Å². The fraction of sp³-hybridized carbons (Fsp3) is 0.300. The van der Waals surface area contributed by atoms with Gasteiger partial charge in [-0.15, -0.1) is 0 Å². The molecule has 0 radical (unpaired) electrons. The minimum absolute atomic E-state index is 0.0648. The molecule has 7 heteroatoms. The minimum atomic E-state index is -0.270. The Morgan fingerprint density at radius 1 is 1.11 bits per heavy atom. The van der Waals surface area contributed by atoms with Crippen molar-refractivity contribution in [3.63, 3.8) is 0 Å². The van der Waals surface area contributed by atoms with Gasteiger partial charge in [-0.3, -0.25) is 15.0 Å². The number of aliphatic hydroxyl groups is 1. The van der Waals surface area contributed by atoms with Crippen LogP contribution in [0, 0.1) is 5.82 Å². The van der Waals surface area contributed by atoms with Crippen LogP contribution in [0.15, 0.2) is 48.8 Å². The highest BCUT2D eigenvalue weighted by Crippen LogP contribution is 2.38. The summed E-state index contributed by atoms with van der Waals surface area (Å²) in [5.74, 6) is 0.570. The number of rotatable bonds is 4. The second-order valence-electron chi connectivity index (χ2n) is 6.80. The molecular weight excluding hydrogens is 345 g/mol. The van der Waals surface area contributed by atoms with E-state index in [9.17, 15) is 9.50 Å². The van der Waals surface area contributed by atoms with Gasteiger partial charge in [0.25, 0.3) is 0 Å². The highest BCUT2D eigenvalue weighted by molar-refractivity contribution is 5.89. The molecule has 3 heterocycles. The second-order valence-corrected chi connectivity index (χ2v) is 6.80. The number of H-pyrrole nitrogens is 1. The van der Waals surface area contributed by atoms with Crippen LogP contribution in [0.3, 0.4) is 0 Å². The van der Waals surface area contributed by atoms with E-state index in [1.807, 2.05) is 19.2 Å². The van der Waals surface area contributed by atoms with Crippen molar-refractivity contribution in [3.8, 4) is 22.4 Å².